The van der Waals surface area contributed by atoms with Crippen LogP contribution in [0.25, 0.3) is 0 Å². The fourth-order valence-corrected chi connectivity index (χ4v) is 2.25. The van der Waals surface area contributed by atoms with Crippen LogP contribution < -0.4 is 4.90 Å². The van der Waals surface area contributed by atoms with Gasteiger partial charge in [-0.25, -0.2) is 9.78 Å². The van der Waals surface area contributed by atoms with Crippen molar-refractivity contribution in [3.63, 3.8) is 0 Å². The number of rotatable bonds is 4. The number of thioether (sulfide) groups is 1. The summed E-state index contributed by atoms with van der Waals surface area (Å²) in [4.78, 5) is 18.4. The molecule has 0 amide bonds. The first-order valence-electron chi connectivity index (χ1n) is 6.48. The normalized spacial score (nSPS) is 18.9. The van der Waals surface area contributed by atoms with Crippen LogP contribution in [-0.2, 0) is 9.47 Å². The van der Waals surface area contributed by atoms with Crippen molar-refractivity contribution >= 4 is 23.5 Å². The predicted octanol–water partition coefficient (Wildman–Crippen LogP) is 0.995. The molecule has 0 aliphatic carbocycles. The van der Waals surface area contributed by atoms with Gasteiger partial charge in [0.2, 0.25) is 10.9 Å². The van der Waals surface area contributed by atoms with Crippen LogP contribution in [0, 0.1) is 0 Å². The fraction of sp³-hybridized carbons (Fsp3) is 0.667. The smallest absolute Gasteiger partial charge is 0.362 e. The summed E-state index contributed by atoms with van der Waals surface area (Å²) in [6.07, 6.45) is 1.96. The minimum atomic E-state index is -0.491. The molecule has 0 spiro atoms. The van der Waals surface area contributed by atoms with Gasteiger partial charge >= 0.3 is 5.97 Å². The minimum absolute atomic E-state index is 0.0893. The Hall–Kier alpha value is -1.41. The van der Waals surface area contributed by atoms with Crippen LogP contribution >= 0.6 is 11.8 Å². The number of nitrogens with zero attached hydrogens (tertiary/aromatic N) is 4. The highest BCUT2D eigenvalue weighted by molar-refractivity contribution is 7.98. The molecule has 110 valence electrons. The summed E-state index contributed by atoms with van der Waals surface area (Å²) >= 11 is 1.39. The Labute approximate surface area is 122 Å². The zero-order valence-corrected chi connectivity index (χ0v) is 12.6. The lowest BCUT2D eigenvalue weighted by atomic mass is 10.3. The van der Waals surface area contributed by atoms with E-state index in [-0.39, 0.29) is 11.8 Å². The number of aromatic nitrogens is 3. The van der Waals surface area contributed by atoms with Gasteiger partial charge in [-0.05, 0) is 20.1 Å². The standard InChI is InChI=1S/C12H18N4O3S/c1-4-18-11(17)9-10(13-12(20-3)15-14-9)16-5-6-19-8(2)7-16/h8H,4-7H2,1-3H3/t8-/m1/s1. The van der Waals surface area contributed by atoms with Crippen molar-refractivity contribution in [1.29, 1.82) is 0 Å². The van der Waals surface area contributed by atoms with Crippen LogP contribution in [0.15, 0.2) is 5.16 Å². The molecule has 7 nitrogen and oxygen atoms in total. The summed E-state index contributed by atoms with van der Waals surface area (Å²) in [6.45, 7) is 5.97. The van der Waals surface area contributed by atoms with E-state index < -0.39 is 5.97 Å². The maximum absolute atomic E-state index is 12.0. The first-order valence-corrected chi connectivity index (χ1v) is 7.70. The van der Waals surface area contributed by atoms with Gasteiger partial charge in [0.1, 0.15) is 0 Å². The van der Waals surface area contributed by atoms with Crippen molar-refractivity contribution in [1.82, 2.24) is 15.2 Å². The lowest BCUT2D eigenvalue weighted by Crippen LogP contribution is -2.42. The molecule has 1 aromatic rings. The minimum Gasteiger partial charge on any atom is -0.461 e. The molecule has 1 fully saturated rings. The van der Waals surface area contributed by atoms with Crippen molar-refractivity contribution in [2.75, 3.05) is 37.5 Å². The molecule has 1 atom stereocenters. The Bertz CT molecular complexity index is 486. The lowest BCUT2D eigenvalue weighted by molar-refractivity contribution is 0.0491. The number of hydrogen-bond acceptors (Lipinski definition) is 8. The Morgan fingerprint density at radius 3 is 3.00 bits per heavy atom. The van der Waals surface area contributed by atoms with E-state index in [1.807, 2.05) is 18.1 Å². The third-order valence-corrected chi connectivity index (χ3v) is 3.38. The molecule has 1 saturated heterocycles. The van der Waals surface area contributed by atoms with E-state index in [0.717, 1.165) is 0 Å². The van der Waals surface area contributed by atoms with Gasteiger partial charge in [-0.15, -0.1) is 10.2 Å². The third-order valence-electron chi connectivity index (χ3n) is 2.84. The van der Waals surface area contributed by atoms with Crippen LogP contribution in [0.4, 0.5) is 5.82 Å². The average molecular weight is 298 g/mol. The summed E-state index contributed by atoms with van der Waals surface area (Å²) in [5, 5.41) is 8.43. The van der Waals surface area contributed by atoms with E-state index in [0.29, 0.717) is 37.3 Å². The summed E-state index contributed by atoms with van der Waals surface area (Å²) in [5.41, 5.74) is 0.166. The number of hydrogen-bond donors (Lipinski definition) is 0. The van der Waals surface area contributed by atoms with E-state index in [9.17, 15) is 4.79 Å². The first-order chi connectivity index (χ1) is 9.65. The monoisotopic (exact) mass is 298 g/mol. The van der Waals surface area contributed by atoms with Gasteiger partial charge in [0.15, 0.2) is 5.82 Å². The van der Waals surface area contributed by atoms with Gasteiger partial charge in [-0.2, -0.15) is 0 Å². The zero-order chi connectivity index (χ0) is 14.5. The molecule has 2 heterocycles. The van der Waals surface area contributed by atoms with Crippen LogP contribution in [-0.4, -0.2) is 59.8 Å². The van der Waals surface area contributed by atoms with Gasteiger partial charge < -0.3 is 14.4 Å². The third kappa shape index (κ3) is 3.37. The molecule has 20 heavy (non-hydrogen) atoms. The number of anilines is 1. The van der Waals surface area contributed by atoms with Gasteiger partial charge in [0.25, 0.3) is 0 Å². The second-order valence-corrected chi connectivity index (χ2v) is 5.09. The summed E-state index contributed by atoms with van der Waals surface area (Å²) in [6, 6.07) is 0. The molecule has 0 unspecified atom stereocenters. The van der Waals surface area contributed by atoms with E-state index >= 15 is 0 Å². The second-order valence-electron chi connectivity index (χ2n) is 4.32. The zero-order valence-electron chi connectivity index (χ0n) is 11.8. The van der Waals surface area contributed by atoms with E-state index in [1.165, 1.54) is 11.8 Å². The predicted molar refractivity (Wildman–Crippen MR) is 75.2 cm³/mol. The second kappa shape index (κ2) is 6.85. The largest absolute Gasteiger partial charge is 0.461 e. The van der Waals surface area contributed by atoms with E-state index in [4.69, 9.17) is 9.47 Å². The van der Waals surface area contributed by atoms with E-state index in [2.05, 4.69) is 15.2 Å². The van der Waals surface area contributed by atoms with Crippen molar-refractivity contribution in [3.8, 4) is 0 Å². The highest BCUT2D eigenvalue weighted by Gasteiger charge is 2.26. The molecule has 0 aromatic carbocycles. The van der Waals surface area contributed by atoms with Crippen LogP contribution in [0.2, 0.25) is 0 Å². The maximum Gasteiger partial charge on any atom is 0.362 e. The van der Waals surface area contributed by atoms with Crippen molar-refractivity contribution < 1.29 is 14.3 Å². The van der Waals surface area contributed by atoms with Crippen LogP contribution in [0.3, 0.4) is 0 Å². The number of morpholine rings is 1. The first kappa shape index (κ1) is 15.0. The number of esters is 1. The SMILES string of the molecule is CCOC(=O)c1nnc(SC)nc1N1CCO[C@H](C)C1. The van der Waals surface area contributed by atoms with Crippen LogP contribution in [0.5, 0.6) is 0 Å². The molecule has 2 rings (SSSR count). The molecule has 0 radical (unpaired) electrons. The Balaban J connectivity index is 2.33. The molecule has 8 heteroatoms. The molecule has 0 saturated carbocycles. The maximum atomic E-state index is 12.0. The summed E-state index contributed by atoms with van der Waals surface area (Å²) in [5.74, 6) is 0.0345. The van der Waals surface area contributed by atoms with Gasteiger partial charge in [-0.1, -0.05) is 11.8 Å². The van der Waals surface area contributed by atoms with Gasteiger partial charge in [0, 0.05) is 13.1 Å². The fourth-order valence-electron chi connectivity index (χ4n) is 1.95. The Kier molecular flexibility index (Phi) is 5.13. The highest BCUT2D eigenvalue weighted by Crippen LogP contribution is 2.21. The molecular formula is C12H18N4O3S. The number of carbonyl (C=O) groups is 1. The molecular weight excluding hydrogens is 280 g/mol. The van der Waals surface area contributed by atoms with Crippen molar-refractivity contribution in [3.05, 3.63) is 5.69 Å². The topological polar surface area (TPSA) is 77.4 Å². The number of ether oxygens (including phenoxy) is 2. The van der Waals surface area contributed by atoms with Gasteiger partial charge in [0.05, 0.1) is 19.3 Å². The average Bonchev–Trinajstić information content (AvgIpc) is 2.47. The van der Waals surface area contributed by atoms with Crippen molar-refractivity contribution in [2.45, 2.75) is 25.1 Å². The quantitative estimate of drug-likeness (QED) is 0.602. The van der Waals surface area contributed by atoms with E-state index in [1.54, 1.807) is 6.92 Å². The number of carbonyl (C=O) groups excluding carboxylic acids is 1. The molecule has 0 N–H and O–H groups in total. The highest BCUT2D eigenvalue weighted by atomic mass is 32.2. The molecule has 0 bridgehead atoms. The summed E-state index contributed by atoms with van der Waals surface area (Å²) < 4.78 is 10.5. The summed E-state index contributed by atoms with van der Waals surface area (Å²) in [7, 11) is 0. The molecule has 1 aliphatic rings. The Morgan fingerprint density at radius 2 is 2.35 bits per heavy atom. The lowest BCUT2D eigenvalue weighted by Gasteiger charge is -2.32. The van der Waals surface area contributed by atoms with Gasteiger partial charge in [-0.3, -0.25) is 0 Å². The van der Waals surface area contributed by atoms with Crippen LogP contribution in [0.1, 0.15) is 24.3 Å². The molecule has 1 aliphatic heterocycles. The Morgan fingerprint density at radius 1 is 1.55 bits per heavy atom. The molecule has 1 aromatic heterocycles. The van der Waals surface area contributed by atoms with Crippen molar-refractivity contribution in [2.24, 2.45) is 0 Å².